The van der Waals surface area contributed by atoms with E-state index < -0.39 is 17.7 Å². The fraction of sp³-hybridized carbons (Fsp3) is 0.364. The number of amides is 2. The fourth-order valence-electron chi connectivity index (χ4n) is 3.44. The molecule has 0 aliphatic carbocycles. The summed E-state index contributed by atoms with van der Waals surface area (Å²) < 4.78 is 44.2. The second-order valence-corrected chi connectivity index (χ2v) is 7.13. The number of benzene rings is 2. The van der Waals surface area contributed by atoms with Gasteiger partial charge in [0.2, 0.25) is 11.8 Å². The van der Waals surface area contributed by atoms with Crippen molar-refractivity contribution in [3.63, 3.8) is 0 Å². The van der Waals surface area contributed by atoms with Gasteiger partial charge in [0.1, 0.15) is 5.75 Å². The van der Waals surface area contributed by atoms with E-state index in [4.69, 9.17) is 4.74 Å². The molecule has 1 heterocycles. The van der Waals surface area contributed by atoms with Crippen LogP contribution in [0, 0.1) is 5.92 Å². The summed E-state index contributed by atoms with van der Waals surface area (Å²) in [6.45, 7) is 2.87. The van der Waals surface area contributed by atoms with E-state index in [1.54, 1.807) is 6.07 Å². The van der Waals surface area contributed by atoms with Gasteiger partial charge in [-0.1, -0.05) is 30.3 Å². The lowest BCUT2D eigenvalue weighted by Gasteiger charge is -2.18. The summed E-state index contributed by atoms with van der Waals surface area (Å²) in [7, 11) is 0. The molecule has 2 aromatic rings. The van der Waals surface area contributed by atoms with Crippen LogP contribution in [-0.2, 0) is 28.9 Å². The number of rotatable bonds is 7. The van der Waals surface area contributed by atoms with Crippen molar-refractivity contribution in [3.05, 3.63) is 65.2 Å². The van der Waals surface area contributed by atoms with E-state index in [-0.39, 0.29) is 37.9 Å². The molecule has 0 aromatic heterocycles. The molecule has 1 N–H and O–H groups in total. The molecule has 0 radical (unpaired) electrons. The van der Waals surface area contributed by atoms with E-state index in [0.717, 1.165) is 17.7 Å². The highest BCUT2D eigenvalue weighted by molar-refractivity contribution is 5.89. The maximum absolute atomic E-state index is 12.9. The lowest BCUT2D eigenvalue weighted by molar-refractivity contribution is -0.137. The molecular weight excluding hydrogens is 397 g/mol. The number of nitrogens with zero attached hydrogens (tertiary/aromatic N) is 1. The van der Waals surface area contributed by atoms with Gasteiger partial charge in [-0.15, -0.1) is 0 Å². The van der Waals surface area contributed by atoms with Crippen molar-refractivity contribution >= 4 is 11.8 Å². The van der Waals surface area contributed by atoms with Crippen molar-refractivity contribution in [3.8, 4) is 5.75 Å². The molecule has 0 bridgehead atoms. The van der Waals surface area contributed by atoms with E-state index in [2.05, 4.69) is 5.32 Å². The first kappa shape index (κ1) is 21.7. The number of para-hydroxylation sites is 1. The van der Waals surface area contributed by atoms with Crippen LogP contribution in [0.15, 0.2) is 48.5 Å². The van der Waals surface area contributed by atoms with Crippen molar-refractivity contribution in [1.29, 1.82) is 0 Å². The highest BCUT2D eigenvalue weighted by Crippen LogP contribution is 2.30. The lowest BCUT2D eigenvalue weighted by Crippen LogP contribution is -2.32. The summed E-state index contributed by atoms with van der Waals surface area (Å²) in [5.41, 5.74) is 0.455. The first-order valence-corrected chi connectivity index (χ1v) is 9.70. The van der Waals surface area contributed by atoms with Crippen LogP contribution in [-0.4, -0.2) is 29.9 Å². The fourth-order valence-corrected chi connectivity index (χ4v) is 3.44. The predicted octanol–water partition coefficient (Wildman–Crippen LogP) is 3.77. The van der Waals surface area contributed by atoms with Gasteiger partial charge in [-0.2, -0.15) is 13.2 Å². The average Bonchev–Trinajstić information content (AvgIpc) is 3.07. The second kappa shape index (κ2) is 9.19. The van der Waals surface area contributed by atoms with Crippen LogP contribution in [0.4, 0.5) is 13.2 Å². The largest absolute Gasteiger partial charge is 0.494 e. The van der Waals surface area contributed by atoms with E-state index in [0.29, 0.717) is 17.9 Å². The van der Waals surface area contributed by atoms with Crippen LogP contribution < -0.4 is 10.1 Å². The summed E-state index contributed by atoms with van der Waals surface area (Å²) in [5.74, 6) is -0.361. The number of likely N-dealkylation sites (tertiary alicyclic amines) is 1. The highest BCUT2D eigenvalue weighted by Gasteiger charge is 2.35. The average molecular weight is 420 g/mol. The molecule has 8 heteroatoms. The van der Waals surface area contributed by atoms with Gasteiger partial charge in [-0.3, -0.25) is 9.59 Å². The van der Waals surface area contributed by atoms with Gasteiger partial charge in [0.15, 0.2) is 0 Å². The number of hydrogen-bond acceptors (Lipinski definition) is 3. The molecule has 5 nitrogen and oxygen atoms in total. The smallest absolute Gasteiger partial charge is 0.416 e. The van der Waals surface area contributed by atoms with Crippen molar-refractivity contribution in [2.24, 2.45) is 5.92 Å². The Balaban J connectivity index is 1.58. The lowest BCUT2D eigenvalue weighted by atomic mass is 10.1. The van der Waals surface area contributed by atoms with E-state index in [1.807, 2.05) is 31.2 Å². The summed E-state index contributed by atoms with van der Waals surface area (Å²) in [6.07, 6.45) is -4.40. The topological polar surface area (TPSA) is 58.6 Å². The van der Waals surface area contributed by atoms with E-state index >= 15 is 0 Å². The minimum absolute atomic E-state index is 0.0396. The first-order chi connectivity index (χ1) is 14.3. The Morgan fingerprint density at radius 3 is 2.70 bits per heavy atom. The zero-order valence-corrected chi connectivity index (χ0v) is 16.5. The summed E-state index contributed by atoms with van der Waals surface area (Å²) >= 11 is 0. The number of nitrogens with one attached hydrogen (secondary N) is 1. The Morgan fingerprint density at radius 2 is 1.97 bits per heavy atom. The quantitative estimate of drug-likeness (QED) is 0.742. The van der Waals surface area contributed by atoms with Crippen LogP contribution in [0.5, 0.6) is 5.75 Å². The van der Waals surface area contributed by atoms with Gasteiger partial charge in [-0.25, -0.2) is 0 Å². The Morgan fingerprint density at radius 1 is 1.20 bits per heavy atom. The molecule has 2 aromatic carbocycles. The van der Waals surface area contributed by atoms with Crippen molar-refractivity contribution < 1.29 is 27.5 Å². The molecule has 0 spiro atoms. The van der Waals surface area contributed by atoms with Crippen molar-refractivity contribution in [2.45, 2.75) is 32.6 Å². The molecule has 1 unspecified atom stereocenters. The molecular formula is C22H23F3N2O3. The standard InChI is InChI=1S/C22H23F3N2O3/c1-2-30-19-9-4-3-7-16(19)12-26-21(29)17-11-20(28)27(14-17)13-15-6-5-8-18(10-15)22(23,24)25/h3-10,17H,2,11-14H2,1H3,(H,26,29). The third-order valence-corrected chi connectivity index (χ3v) is 4.94. The van der Waals surface area contributed by atoms with Gasteiger partial charge in [-0.05, 0) is 30.7 Å². The van der Waals surface area contributed by atoms with Crippen LogP contribution in [0.25, 0.3) is 0 Å². The zero-order chi connectivity index (χ0) is 21.7. The number of halogens is 3. The molecule has 3 rings (SSSR count). The molecule has 1 aliphatic heterocycles. The van der Waals surface area contributed by atoms with Crippen molar-refractivity contribution in [1.82, 2.24) is 10.2 Å². The van der Waals surface area contributed by atoms with Gasteiger partial charge in [0, 0.05) is 31.6 Å². The summed E-state index contributed by atoms with van der Waals surface area (Å²) in [5, 5.41) is 2.83. The second-order valence-electron chi connectivity index (χ2n) is 7.13. The zero-order valence-electron chi connectivity index (χ0n) is 16.5. The Kier molecular flexibility index (Phi) is 6.64. The normalized spacial score (nSPS) is 16.6. The maximum Gasteiger partial charge on any atom is 0.416 e. The number of ether oxygens (including phenoxy) is 1. The predicted molar refractivity (Wildman–Crippen MR) is 104 cm³/mol. The van der Waals surface area contributed by atoms with Gasteiger partial charge < -0.3 is 15.0 Å². The van der Waals surface area contributed by atoms with Crippen LogP contribution >= 0.6 is 0 Å². The molecule has 1 saturated heterocycles. The number of carbonyl (C=O) groups is 2. The summed E-state index contributed by atoms with van der Waals surface area (Å²) in [4.78, 5) is 26.3. The minimum Gasteiger partial charge on any atom is -0.494 e. The van der Waals surface area contributed by atoms with E-state index in [1.165, 1.54) is 11.0 Å². The van der Waals surface area contributed by atoms with Crippen molar-refractivity contribution in [2.75, 3.05) is 13.2 Å². The van der Waals surface area contributed by atoms with Gasteiger partial charge in [0.25, 0.3) is 0 Å². The first-order valence-electron chi connectivity index (χ1n) is 9.70. The van der Waals surface area contributed by atoms with Gasteiger partial charge in [0.05, 0.1) is 18.1 Å². The minimum atomic E-state index is -4.44. The third kappa shape index (κ3) is 5.31. The monoisotopic (exact) mass is 420 g/mol. The molecule has 1 fully saturated rings. The molecule has 1 aliphatic rings. The number of carbonyl (C=O) groups excluding carboxylic acids is 2. The van der Waals surface area contributed by atoms with Crippen LogP contribution in [0.1, 0.15) is 30.0 Å². The number of alkyl halides is 3. The third-order valence-electron chi connectivity index (χ3n) is 4.94. The summed E-state index contributed by atoms with van der Waals surface area (Å²) in [6, 6.07) is 12.2. The number of hydrogen-bond donors (Lipinski definition) is 1. The molecule has 0 saturated carbocycles. The van der Waals surface area contributed by atoms with E-state index in [9.17, 15) is 22.8 Å². The van der Waals surface area contributed by atoms with Crippen LogP contribution in [0.3, 0.4) is 0 Å². The highest BCUT2D eigenvalue weighted by atomic mass is 19.4. The molecule has 2 amide bonds. The molecule has 30 heavy (non-hydrogen) atoms. The maximum atomic E-state index is 12.9. The Bertz CT molecular complexity index is 914. The van der Waals surface area contributed by atoms with Crippen LogP contribution in [0.2, 0.25) is 0 Å². The van der Waals surface area contributed by atoms with Gasteiger partial charge >= 0.3 is 6.18 Å². The molecule has 160 valence electrons. The Labute approximate surface area is 172 Å². The molecule has 1 atom stereocenters. The SMILES string of the molecule is CCOc1ccccc1CNC(=O)C1CC(=O)N(Cc2cccc(C(F)(F)F)c2)C1. The Hall–Kier alpha value is -3.03.